The van der Waals surface area contributed by atoms with Crippen LogP contribution in [0, 0.1) is 18.7 Å². The number of halogens is 1. The number of hydrogen-bond donors (Lipinski definition) is 0. The van der Waals surface area contributed by atoms with Crippen LogP contribution in [-0.4, -0.2) is 17.3 Å². The minimum absolute atomic E-state index is 0. The molecule has 0 unspecified atom stereocenters. The van der Waals surface area contributed by atoms with Crippen LogP contribution in [0.4, 0.5) is 4.39 Å². The number of benzene rings is 2. The molecule has 0 bridgehead atoms. The number of allylic oxidation sites excluding steroid dienone is 2. The predicted octanol–water partition coefficient (Wildman–Crippen LogP) is 6.97. The molecule has 2 aromatic carbocycles. The van der Waals surface area contributed by atoms with Gasteiger partial charge >= 0.3 is 0 Å². The molecule has 4 heteroatoms. The molecule has 0 spiro atoms. The first-order valence-electron chi connectivity index (χ1n) is 10.9. The predicted molar refractivity (Wildman–Crippen MR) is 128 cm³/mol. The van der Waals surface area contributed by atoms with Crippen LogP contribution >= 0.6 is 0 Å². The molecule has 0 radical (unpaired) electrons. The van der Waals surface area contributed by atoms with Gasteiger partial charge in [0.1, 0.15) is 17.4 Å². The van der Waals surface area contributed by atoms with Crippen molar-refractivity contribution in [2.45, 2.75) is 59.8 Å². The van der Waals surface area contributed by atoms with E-state index in [2.05, 4.69) is 31.2 Å². The van der Waals surface area contributed by atoms with Crippen molar-refractivity contribution in [3.63, 3.8) is 0 Å². The minimum atomic E-state index is -0.367. The Balaban J connectivity index is 0. The molecule has 0 aromatic heterocycles. The Bertz CT molecular complexity index is 869. The SMILES string of the molecule is CC.CC(=O)CCC(=O)c1ccc(F)cc1.Cc1ccc(CCCC(=O)C2C=C2)cc1.[HH].[HH]. The fraction of sp³-hybridized carbons (Fsp3) is 0.370. The minimum Gasteiger partial charge on any atom is -0.300 e. The molecule has 1 aliphatic rings. The maximum atomic E-state index is 12.5. The number of hydrogen-bond acceptors (Lipinski definition) is 3. The average molecular weight is 429 g/mol. The van der Waals surface area contributed by atoms with Gasteiger partial charge in [0.15, 0.2) is 5.78 Å². The summed E-state index contributed by atoms with van der Waals surface area (Å²) in [5, 5.41) is 0. The molecule has 0 N–H and O–H groups in total. The topological polar surface area (TPSA) is 51.2 Å². The van der Waals surface area contributed by atoms with E-state index in [4.69, 9.17) is 0 Å². The lowest BCUT2D eigenvalue weighted by atomic mass is 10.0. The van der Waals surface area contributed by atoms with Gasteiger partial charge in [-0.05, 0) is 56.5 Å². The number of Topliss-reactive ketones (excluding diaryl/α,β-unsaturated/α-hetero) is 3. The summed E-state index contributed by atoms with van der Waals surface area (Å²) in [5.41, 5.74) is 3.07. The van der Waals surface area contributed by atoms with Crippen molar-refractivity contribution in [2.24, 2.45) is 5.92 Å². The van der Waals surface area contributed by atoms with E-state index < -0.39 is 0 Å². The lowest BCUT2D eigenvalue weighted by Gasteiger charge is -2.01. The zero-order chi connectivity index (χ0) is 23.2. The monoisotopic (exact) mass is 428 g/mol. The first-order chi connectivity index (χ1) is 14.8. The molecular weight excluding hydrogens is 391 g/mol. The summed E-state index contributed by atoms with van der Waals surface area (Å²) in [7, 11) is 0. The van der Waals surface area contributed by atoms with Gasteiger partial charge < -0.3 is 4.79 Å². The lowest BCUT2D eigenvalue weighted by molar-refractivity contribution is -0.119. The van der Waals surface area contributed by atoms with Gasteiger partial charge in [-0.15, -0.1) is 0 Å². The van der Waals surface area contributed by atoms with Crippen LogP contribution in [0.15, 0.2) is 60.7 Å². The molecule has 31 heavy (non-hydrogen) atoms. The maximum absolute atomic E-state index is 12.5. The van der Waals surface area contributed by atoms with Gasteiger partial charge in [-0.1, -0.05) is 55.8 Å². The van der Waals surface area contributed by atoms with Crippen LogP contribution in [0.1, 0.15) is 70.8 Å². The smallest absolute Gasteiger partial charge is 0.163 e. The van der Waals surface area contributed by atoms with Crippen LogP contribution in [0.3, 0.4) is 0 Å². The van der Waals surface area contributed by atoms with Gasteiger partial charge in [-0.2, -0.15) is 0 Å². The maximum Gasteiger partial charge on any atom is 0.163 e. The molecule has 0 fully saturated rings. The van der Waals surface area contributed by atoms with E-state index in [1.165, 1.54) is 42.3 Å². The number of ketones is 3. The van der Waals surface area contributed by atoms with E-state index in [1.807, 2.05) is 26.0 Å². The van der Waals surface area contributed by atoms with Gasteiger partial charge in [0, 0.05) is 27.7 Å². The highest BCUT2D eigenvalue weighted by atomic mass is 19.1. The third-order valence-corrected chi connectivity index (χ3v) is 4.64. The first kappa shape index (κ1) is 26.2. The summed E-state index contributed by atoms with van der Waals surface area (Å²) in [6.07, 6.45) is 7.07. The van der Waals surface area contributed by atoms with Gasteiger partial charge in [0.25, 0.3) is 0 Å². The highest BCUT2D eigenvalue weighted by molar-refractivity contribution is 5.97. The van der Waals surface area contributed by atoms with E-state index in [9.17, 15) is 18.8 Å². The quantitative estimate of drug-likeness (QED) is 0.320. The average Bonchev–Trinajstić information content (AvgIpc) is 3.61. The second-order valence-electron chi connectivity index (χ2n) is 7.35. The molecule has 170 valence electrons. The van der Waals surface area contributed by atoms with E-state index in [1.54, 1.807) is 0 Å². The number of aryl methyl sites for hydroxylation is 2. The van der Waals surface area contributed by atoms with Crippen molar-refractivity contribution in [2.75, 3.05) is 0 Å². The Kier molecular flexibility index (Phi) is 12.0. The van der Waals surface area contributed by atoms with Gasteiger partial charge in [0.05, 0.1) is 5.92 Å². The summed E-state index contributed by atoms with van der Waals surface area (Å²) in [6.45, 7) is 7.53. The van der Waals surface area contributed by atoms with Crippen LogP contribution in [0.25, 0.3) is 0 Å². The third-order valence-electron chi connectivity index (χ3n) is 4.64. The normalized spacial score (nSPS) is 11.5. The molecule has 3 rings (SSSR count). The summed E-state index contributed by atoms with van der Waals surface area (Å²) in [4.78, 5) is 33.4. The molecule has 0 heterocycles. The van der Waals surface area contributed by atoms with Gasteiger partial charge in [0.2, 0.25) is 0 Å². The van der Waals surface area contributed by atoms with Crippen molar-refractivity contribution in [1.29, 1.82) is 0 Å². The van der Waals surface area contributed by atoms with E-state index in [0.29, 0.717) is 17.8 Å². The fourth-order valence-corrected chi connectivity index (χ4v) is 2.73. The highest BCUT2D eigenvalue weighted by Gasteiger charge is 2.19. The standard InChI is InChI=1S/C14H16O.C11H11FO2.C2H6.2H2/c1-11-5-7-12(8-6-11)3-2-4-14(15)13-9-10-13;1-8(13)2-7-11(14)9-3-5-10(12)6-4-9;1-2;;/h5-10,13H,2-4H2,1H3;3-6H,2,7H2,1H3;1-2H3;2*1H. The molecule has 1 aliphatic carbocycles. The molecule has 0 amide bonds. The van der Waals surface area contributed by atoms with Crippen molar-refractivity contribution in [3.8, 4) is 0 Å². The van der Waals surface area contributed by atoms with Crippen molar-refractivity contribution in [3.05, 3.63) is 83.2 Å². The lowest BCUT2D eigenvalue weighted by Crippen LogP contribution is -2.02. The van der Waals surface area contributed by atoms with Crippen LogP contribution in [0.2, 0.25) is 0 Å². The highest BCUT2D eigenvalue weighted by Crippen LogP contribution is 2.20. The number of rotatable bonds is 9. The Hall–Kier alpha value is -2.88. The van der Waals surface area contributed by atoms with Crippen LogP contribution < -0.4 is 0 Å². The third kappa shape index (κ3) is 11.2. The molecule has 0 saturated heterocycles. The van der Waals surface area contributed by atoms with Crippen molar-refractivity contribution in [1.82, 2.24) is 0 Å². The molecule has 3 nitrogen and oxygen atoms in total. The molecule has 0 atom stereocenters. The summed E-state index contributed by atoms with van der Waals surface area (Å²) < 4.78 is 12.5. The first-order valence-corrected chi connectivity index (χ1v) is 10.9. The van der Waals surface area contributed by atoms with Crippen molar-refractivity contribution < 1.29 is 21.6 Å². The molecule has 0 saturated carbocycles. The zero-order valence-electron chi connectivity index (χ0n) is 19.0. The summed E-state index contributed by atoms with van der Waals surface area (Å²) in [5.74, 6) is 0.0545. The Morgan fingerprint density at radius 1 is 0.871 bits per heavy atom. The van der Waals surface area contributed by atoms with Crippen LogP contribution in [-0.2, 0) is 16.0 Å². The Labute approximate surface area is 188 Å². The van der Waals surface area contributed by atoms with E-state index in [0.717, 1.165) is 12.8 Å². The number of carbonyl (C=O) groups excluding carboxylic acids is 3. The fourth-order valence-electron chi connectivity index (χ4n) is 2.73. The van der Waals surface area contributed by atoms with Gasteiger partial charge in [-0.3, -0.25) is 9.59 Å². The summed E-state index contributed by atoms with van der Waals surface area (Å²) in [6, 6.07) is 13.9. The Morgan fingerprint density at radius 3 is 1.97 bits per heavy atom. The molecule has 2 aromatic rings. The second-order valence-corrected chi connectivity index (χ2v) is 7.35. The van der Waals surface area contributed by atoms with E-state index in [-0.39, 0.29) is 39.0 Å². The second kappa shape index (κ2) is 14.2. The summed E-state index contributed by atoms with van der Waals surface area (Å²) >= 11 is 0. The molecular formula is C27H37FO3. The zero-order valence-corrected chi connectivity index (χ0v) is 19.0. The Morgan fingerprint density at radius 2 is 1.45 bits per heavy atom. The van der Waals surface area contributed by atoms with Gasteiger partial charge in [-0.25, -0.2) is 4.39 Å². The number of carbonyl (C=O) groups is 3. The molecule has 0 aliphatic heterocycles. The largest absolute Gasteiger partial charge is 0.300 e. The van der Waals surface area contributed by atoms with Crippen molar-refractivity contribution >= 4 is 17.3 Å². The van der Waals surface area contributed by atoms with E-state index >= 15 is 0 Å². The van der Waals surface area contributed by atoms with Crippen LogP contribution in [0.5, 0.6) is 0 Å².